The smallest absolute Gasteiger partial charge is 0.338 e. The summed E-state index contributed by atoms with van der Waals surface area (Å²) in [5, 5.41) is 29.0. The molecule has 1 aromatic heterocycles. The summed E-state index contributed by atoms with van der Waals surface area (Å²) in [4.78, 5) is 57.2. The number of fused-ring (bicyclic) bond motifs is 6. The second-order valence-corrected chi connectivity index (χ2v) is 17.1. The maximum atomic E-state index is 17.5. The monoisotopic (exact) mass is 734 g/mol. The number of ketones is 2. The molecule has 3 aromatic rings. The van der Waals surface area contributed by atoms with Crippen LogP contribution in [0.4, 0.5) is 10.1 Å². The number of aromatic nitrogens is 1. The Balaban J connectivity index is 0.946. The second-order valence-electron chi connectivity index (χ2n) is 17.1. The number of nitrogens with one attached hydrogen (secondary N) is 1. The van der Waals surface area contributed by atoms with Crippen molar-refractivity contribution in [2.24, 2.45) is 40.4 Å². The van der Waals surface area contributed by atoms with Gasteiger partial charge in [-0.3, -0.25) is 19.4 Å². The quantitative estimate of drug-likeness (QED) is 0.231. The van der Waals surface area contributed by atoms with Gasteiger partial charge in [-0.05, 0) is 116 Å². The van der Waals surface area contributed by atoms with E-state index in [1.54, 1.807) is 57.4 Å². The molecule has 0 saturated heterocycles. The van der Waals surface area contributed by atoms with E-state index in [1.807, 2.05) is 38.1 Å². The van der Waals surface area contributed by atoms with Crippen LogP contribution < -0.4 is 5.32 Å². The molecule has 4 saturated carbocycles. The fourth-order valence-corrected chi connectivity index (χ4v) is 11.3. The largest absolute Gasteiger partial charge is 0.454 e. The van der Waals surface area contributed by atoms with Crippen LogP contribution in [0.15, 0.2) is 78.7 Å². The number of esters is 1. The van der Waals surface area contributed by atoms with E-state index in [9.17, 15) is 29.4 Å². The summed E-state index contributed by atoms with van der Waals surface area (Å²) in [6.45, 7) is 8.53. The number of aliphatic hydroxyl groups excluding tert-OH is 1. The third-order valence-electron chi connectivity index (χ3n) is 14.4. The lowest BCUT2D eigenvalue weighted by Gasteiger charge is -2.62. The van der Waals surface area contributed by atoms with Crippen molar-refractivity contribution in [2.75, 3.05) is 11.9 Å². The minimum Gasteiger partial charge on any atom is -0.454 e. The van der Waals surface area contributed by atoms with Crippen LogP contribution in [0.1, 0.15) is 80.8 Å². The van der Waals surface area contributed by atoms with Gasteiger partial charge in [0.2, 0.25) is 11.7 Å². The van der Waals surface area contributed by atoms with E-state index in [4.69, 9.17) is 4.74 Å². The molecule has 0 aliphatic heterocycles. The number of hydrogen-bond donors (Lipinski definition) is 3. The number of halogens is 1. The first-order valence-electron chi connectivity index (χ1n) is 19.0. The van der Waals surface area contributed by atoms with E-state index in [0.29, 0.717) is 30.5 Å². The van der Waals surface area contributed by atoms with Crippen LogP contribution in [0, 0.1) is 47.3 Å². The normalized spacial score (nSPS) is 37.8. The Morgan fingerprint density at radius 3 is 2.63 bits per heavy atom. The van der Waals surface area contributed by atoms with Crippen LogP contribution in [-0.2, 0) is 19.1 Å². The van der Waals surface area contributed by atoms with Gasteiger partial charge in [0.15, 0.2) is 18.1 Å². The lowest BCUT2D eigenvalue weighted by Crippen LogP contribution is -2.69. The Morgan fingerprint density at radius 1 is 1.07 bits per heavy atom. The molecule has 10 heteroatoms. The minimum absolute atomic E-state index is 0.0379. The highest BCUT2D eigenvalue weighted by molar-refractivity contribution is 6.01. The summed E-state index contributed by atoms with van der Waals surface area (Å²) in [5.74, 6) is -3.76. The average molecular weight is 735 g/mol. The van der Waals surface area contributed by atoms with Gasteiger partial charge in [-0.25, -0.2) is 9.18 Å². The number of rotatable bonds is 7. The molecule has 9 nitrogen and oxygen atoms in total. The van der Waals surface area contributed by atoms with E-state index in [1.165, 1.54) is 12.2 Å². The number of anilines is 1. The SMILES string of the molecule is Cc1cncc2ccc(NC(=O)[C@H]3C(c4cccc(C(=O)OCC(=O)[C@@]5(O)[C@H](C)C[C@H]6[C@@H]7CCC8=CC(=O)C=C[C@]8(C)[C@@]7(F)[C@@H](O)C[C@@]65C)c4)[C@H]3C)cc12. The number of Topliss-reactive ketones (excluding diaryl/α,β-unsaturated/α-hetero) is 1. The zero-order chi connectivity index (χ0) is 38.5. The molecule has 1 amide bonds. The van der Waals surface area contributed by atoms with Gasteiger partial charge in [0.25, 0.3) is 0 Å². The zero-order valence-corrected chi connectivity index (χ0v) is 31.3. The van der Waals surface area contributed by atoms with Gasteiger partial charge in [-0.1, -0.05) is 50.6 Å². The van der Waals surface area contributed by atoms with E-state index in [-0.39, 0.29) is 41.4 Å². The van der Waals surface area contributed by atoms with E-state index in [2.05, 4.69) is 10.3 Å². The van der Waals surface area contributed by atoms with Crippen LogP contribution >= 0.6 is 0 Å². The number of nitrogens with zero attached hydrogens (tertiary/aromatic N) is 1. The molecule has 0 radical (unpaired) electrons. The van der Waals surface area contributed by atoms with Crippen LogP contribution in [0.2, 0.25) is 0 Å². The van der Waals surface area contributed by atoms with Crippen molar-refractivity contribution < 1.29 is 38.5 Å². The molecule has 2 aromatic carbocycles. The van der Waals surface area contributed by atoms with Gasteiger partial charge < -0.3 is 20.3 Å². The molecule has 8 rings (SSSR count). The van der Waals surface area contributed by atoms with E-state index in [0.717, 1.165) is 21.9 Å². The number of alkyl halides is 1. The fourth-order valence-electron chi connectivity index (χ4n) is 11.3. The van der Waals surface area contributed by atoms with Crippen molar-refractivity contribution >= 4 is 39.9 Å². The lowest BCUT2D eigenvalue weighted by molar-refractivity contribution is -0.219. The van der Waals surface area contributed by atoms with Crippen molar-refractivity contribution in [1.82, 2.24) is 4.98 Å². The molecule has 54 heavy (non-hydrogen) atoms. The van der Waals surface area contributed by atoms with Crippen LogP contribution in [0.25, 0.3) is 10.8 Å². The zero-order valence-electron chi connectivity index (χ0n) is 31.3. The maximum Gasteiger partial charge on any atom is 0.338 e. The summed E-state index contributed by atoms with van der Waals surface area (Å²) in [5.41, 5.74) is -3.01. The van der Waals surface area contributed by atoms with Crippen molar-refractivity contribution in [3.63, 3.8) is 0 Å². The van der Waals surface area contributed by atoms with Gasteiger partial charge in [-0.15, -0.1) is 0 Å². The van der Waals surface area contributed by atoms with Crippen molar-refractivity contribution in [1.29, 1.82) is 0 Å². The highest BCUT2D eigenvalue weighted by atomic mass is 19.1. The number of allylic oxidation sites excluding steroid dienone is 4. The molecule has 282 valence electrons. The molecule has 4 fully saturated rings. The predicted molar refractivity (Wildman–Crippen MR) is 200 cm³/mol. The number of hydrogen-bond acceptors (Lipinski definition) is 8. The number of carbonyl (C=O) groups is 4. The number of benzene rings is 2. The summed E-state index contributed by atoms with van der Waals surface area (Å²) >= 11 is 0. The van der Waals surface area contributed by atoms with Crippen molar-refractivity contribution in [2.45, 2.75) is 83.6 Å². The first kappa shape index (κ1) is 36.4. The Bertz CT molecular complexity index is 2180. The number of ether oxygens (including phenoxy) is 1. The molecule has 5 aliphatic rings. The number of amides is 1. The van der Waals surface area contributed by atoms with Crippen LogP contribution in [0.5, 0.6) is 0 Å². The third kappa shape index (κ3) is 5.12. The molecule has 11 atom stereocenters. The Kier molecular flexibility index (Phi) is 8.43. The summed E-state index contributed by atoms with van der Waals surface area (Å²) in [6.07, 6.45) is 7.55. The second kappa shape index (κ2) is 12.5. The van der Waals surface area contributed by atoms with Crippen LogP contribution in [0.3, 0.4) is 0 Å². The number of aryl methyl sites for hydroxylation is 1. The number of aliphatic hydroxyl groups is 2. The summed E-state index contributed by atoms with van der Waals surface area (Å²) in [6, 6.07) is 12.6. The minimum atomic E-state index is -2.09. The van der Waals surface area contributed by atoms with E-state index < -0.39 is 64.3 Å². The molecular weight excluding hydrogens is 687 g/mol. The topological polar surface area (TPSA) is 143 Å². The van der Waals surface area contributed by atoms with Gasteiger partial charge >= 0.3 is 5.97 Å². The molecule has 0 spiro atoms. The molecule has 3 N–H and O–H groups in total. The molecule has 1 heterocycles. The standard InChI is InChI=1S/C44H47FN2O7/c1-23-20-46-21-28-9-11-30(18-32(23)28)47-39(51)38-25(3)37(38)26-7-6-8-27(16-26)40(52)54-22-36(50)44(53)24(2)15-34-33-12-10-29-17-31(48)13-14-41(29,4)43(33,45)35(49)19-42(34,44)5/h6-9,11,13-14,16-18,20-21,24-25,33-35,37-38,49,53H,10,12,15,19,22H2,1-5H3,(H,47,51)/t24-,25-,33+,34+,35+,37?,38-,41+,42+,43+,44+/m1/s1. The molecule has 5 aliphatic carbocycles. The van der Waals surface area contributed by atoms with Crippen molar-refractivity contribution in [3.05, 3.63) is 95.3 Å². The number of pyridine rings is 1. The Hall–Kier alpha value is -4.54. The van der Waals surface area contributed by atoms with Crippen LogP contribution in [-0.4, -0.2) is 62.6 Å². The van der Waals surface area contributed by atoms with Gasteiger partial charge in [0.1, 0.15) is 5.60 Å². The summed E-state index contributed by atoms with van der Waals surface area (Å²) in [7, 11) is 0. The average Bonchev–Trinajstić information content (AvgIpc) is 3.78. The maximum absolute atomic E-state index is 17.5. The van der Waals surface area contributed by atoms with Gasteiger partial charge in [-0.2, -0.15) is 0 Å². The summed E-state index contributed by atoms with van der Waals surface area (Å²) < 4.78 is 23.1. The number of carbonyl (C=O) groups excluding carboxylic acids is 4. The first-order chi connectivity index (χ1) is 25.5. The van der Waals surface area contributed by atoms with Gasteiger partial charge in [0, 0.05) is 46.1 Å². The predicted octanol–water partition coefficient (Wildman–Crippen LogP) is 6.61. The highest BCUT2D eigenvalue weighted by Crippen LogP contribution is 2.70. The Morgan fingerprint density at radius 2 is 1.85 bits per heavy atom. The molecule has 0 bridgehead atoms. The van der Waals surface area contributed by atoms with Crippen molar-refractivity contribution in [3.8, 4) is 0 Å². The fraction of sp³-hybridized carbons (Fsp3) is 0.477. The van der Waals surface area contributed by atoms with Gasteiger partial charge in [0.05, 0.1) is 11.7 Å². The molecular formula is C44H47FN2O7. The third-order valence-corrected chi connectivity index (χ3v) is 14.4. The first-order valence-corrected chi connectivity index (χ1v) is 19.0. The lowest BCUT2D eigenvalue weighted by atomic mass is 9.44. The van der Waals surface area contributed by atoms with E-state index >= 15 is 4.39 Å². The Labute approximate surface area is 314 Å². The molecule has 1 unspecified atom stereocenters. The highest BCUT2D eigenvalue weighted by Gasteiger charge is 2.75.